The van der Waals surface area contributed by atoms with E-state index in [-0.39, 0.29) is 10.6 Å². The van der Waals surface area contributed by atoms with Gasteiger partial charge in [0, 0.05) is 74.1 Å². The second kappa shape index (κ2) is 8.22. The summed E-state index contributed by atoms with van der Waals surface area (Å²) in [5.74, 6) is 0. The number of hydrogen-bond acceptors (Lipinski definition) is 6. The molecule has 0 atom stereocenters. The van der Waals surface area contributed by atoms with Crippen LogP contribution in [0.3, 0.4) is 0 Å². The van der Waals surface area contributed by atoms with E-state index in [4.69, 9.17) is 0 Å². The molecule has 1 aromatic carbocycles. The molecule has 146 valence electrons. The number of nitro groups is 1. The van der Waals surface area contributed by atoms with Gasteiger partial charge >= 0.3 is 0 Å². The summed E-state index contributed by atoms with van der Waals surface area (Å²) in [5.41, 5.74) is 4.42. The molecule has 1 aliphatic rings. The molecule has 3 heterocycles. The predicted molar refractivity (Wildman–Crippen MR) is 110 cm³/mol. The van der Waals surface area contributed by atoms with Crippen LogP contribution in [0.25, 0.3) is 11.3 Å². The van der Waals surface area contributed by atoms with Crippen LogP contribution in [0.4, 0.5) is 5.69 Å². The lowest BCUT2D eigenvalue weighted by Gasteiger charge is -2.26. The maximum Gasteiger partial charge on any atom is 0.269 e. The molecule has 0 amide bonds. The van der Waals surface area contributed by atoms with Crippen LogP contribution in [0, 0.1) is 10.1 Å². The third-order valence-corrected chi connectivity index (χ3v) is 6.09. The second-order valence-corrected chi connectivity index (χ2v) is 8.05. The lowest BCUT2D eigenvalue weighted by molar-refractivity contribution is -0.384. The number of hydrogen-bond donors (Lipinski definition) is 1. The van der Waals surface area contributed by atoms with Crippen molar-refractivity contribution in [3.63, 3.8) is 0 Å². The van der Waals surface area contributed by atoms with Crippen molar-refractivity contribution >= 4 is 17.0 Å². The number of non-ortho nitro benzene ring substituents is 1. The smallest absolute Gasteiger partial charge is 0.269 e. The maximum atomic E-state index is 10.8. The summed E-state index contributed by atoms with van der Waals surface area (Å²) < 4.78 is 1.79. The summed E-state index contributed by atoms with van der Waals surface area (Å²) in [6, 6.07) is 8.81. The molecule has 0 spiro atoms. The van der Waals surface area contributed by atoms with E-state index in [1.54, 1.807) is 16.8 Å². The van der Waals surface area contributed by atoms with Crippen molar-refractivity contribution in [1.82, 2.24) is 20.0 Å². The lowest BCUT2D eigenvalue weighted by atomic mass is 10.1. The molecule has 3 aromatic rings. The van der Waals surface area contributed by atoms with Gasteiger partial charge in [0.2, 0.25) is 0 Å². The number of benzene rings is 1. The van der Waals surface area contributed by atoms with Crippen LogP contribution in [0.1, 0.15) is 16.0 Å². The Balaban J connectivity index is 1.33. The topological polar surface area (TPSA) is 76.2 Å². The zero-order valence-corrected chi connectivity index (χ0v) is 16.6. The van der Waals surface area contributed by atoms with Crippen molar-refractivity contribution in [3.05, 3.63) is 68.0 Å². The number of nitro benzene ring substituents is 1. The van der Waals surface area contributed by atoms with Crippen molar-refractivity contribution in [2.24, 2.45) is 7.05 Å². The Bertz CT molecular complexity index is 963. The molecular formula is C20H23N5O2S. The maximum absolute atomic E-state index is 10.8. The van der Waals surface area contributed by atoms with Gasteiger partial charge in [-0.15, -0.1) is 11.3 Å². The Morgan fingerprint density at radius 2 is 2.11 bits per heavy atom. The van der Waals surface area contributed by atoms with Gasteiger partial charge in [0.15, 0.2) is 0 Å². The van der Waals surface area contributed by atoms with Gasteiger partial charge in [-0.1, -0.05) is 0 Å². The molecule has 7 nitrogen and oxygen atoms in total. The van der Waals surface area contributed by atoms with E-state index in [1.165, 1.54) is 22.6 Å². The van der Waals surface area contributed by atoms with Gasteiger partial charge in [0.1, 0.15) is 0 Å². The van der Waals surface area contributed by atoms with E-state index in [0.717, 1.165) is 56.0 Å². The lowest BCUT2D eigenvalue weighted by Crippen LogP contribution is -2.35. The third kappa shape index (κ3) is 4.14. The first-order valence-corrected chi connectivity index (χ1v) is 10.2. The van der Waals surface area contributed by atoms with E-state index >= 15 is 0 Å². The number of nitrogens with one attached hydrogen (secondary N) is 1. The molecule has 0 fully saturated rings. The number of aryl methyl sites for hydroxylation is 1. The number of thiophene rings is 1. The quantitative estimate of drug-likeness (QED) is 0.376. The average Bonchev–Trinajstić information content (AvgIpc) is 3.31. The minimum absolute atomic E-state index is 0.0923. The minimum Gasteiger partial charge on any atom is -0.311 e. The van der Waals surface area contributed by atoms with Gasteiger partial charge in [-0.3, -0.25) is 19.7 Å². The molecule has 0 radical (unpaired) electrons. The van der Waals surface area contributed by atoms with Crippen molar-refractivity contribution in [3.8, 4) is 11.3 Å². The summed E-state index contributed by atoms with van der Waals surface area (Å²) in [6.07, 6.45) is 3.15. The first-order valence-electron chi connectivity index (χ1n) is 9.36. The number of nitrogens with zero attached hydrogens (tertiary/aromatic N) is 4. The van der Waals surface area contributed by atoms with Gasteiger partial charge in [-0.2, -0.15) is 5.10 Å². The summed E-state index contributed by atoms with van der Waals surface area (Å²) in [4.78, 5) is 14.5. The van der Waals surface area contributed by atoms with E-state index in [0.29, 0.717) is 0 Å². The van der Waals surface area contributed by atoms with Gasteiger partial charge in [-0.05, 0) is 35.6 Å². The van der Waals surface area contributed by atoms with Gasteiger partial charge in [0.05, 0.1) is 10.6 Å². The highest BCUT2D eigenvalue weighted by Gasteiger charge is 2.17. The Hall–Kier alpha value is -2.55. The largest absolute Gasteiger partial charge is 0.311 e. The van der Waals surface area contributed by atoms with Crippen LogP contribution in [0.2, 0.25) is 0 Å². The fourth-order valence-corrected chi connectivity index (χ4v) is 4.50. The number of fused-ring (bicyclic) bond motifs is 1. The third-order valence-electron chi connectivity index (χ3n) is 5.06. The second-order valence-electron chi connectivity index (χ2n) is 7.05. The van der Waals surface area contributed by atoms with Gasteiger partial charge in [-0.25, -0.2) is 0 Å². The van der Waals surface area contributed by atoms with E-state index in [9.17, 15) is 10.1 Å². The molecule has 8 heteroatoms. The fourth-order valence-electron chi connectivity index (χ4n) is 3.61. The number of rotatable bonds is 7. The zero-order chi connectivity index (χ0) is 19.5. The molecule has 1 N–H and O–H groups in total. The Morgan fingerprint density at radius 1 is 1.29 bits per heavy atom. The highest BCUT2D eigenvalue weighted by molar-refractivity contribution is 7.10. The number of aromatic nitrogens is 2. The molecule has 1 aliphatic heterocycles. The molecule has 0 saturated heterocycles. The van der Waals surface area contributed by atoms with Crippen LogP contribution in [-0.4, -0.2) is 39.2 Å². The summed E-state index contributed by atoms with van der Waals surface area (Å²) in [7, 11) is 1.89. The first kappa shape index (κ1) is 18.8. The normalized spacial score (nSPS) is 14.2. The molecule has 0 unspecified atom stereocenters. The average molecular weight is 398 g/mol. The highest BCUT2D eigenvalue weighted by atomic mass is 32.1. The zero-order valence-electron chi connectivity index (χ0n) is 15.8. The Morgan fingerprint density at radius 3 is 2.89 bits per heavy atom. The monoisotopic (exact) mass is 397 g/mol. The predicted octanol–water partition coefficient (Wildman–Crippen LogP) is 3.20. The van der Waals surface area contributed by atoms with Crippen molar-refractivity contribution in [2.75, 3.05) is 19.6 Å². The van der Waals surface area contributed by atoms with Gasteiger partial charge < -0.3 is 5.32 Å². The van der Waals surface area contributed by atoms with Gasteiger partial charge in [0.25, 0.3) is 5.69 Å². The van der Waals surface area contributed by atoms with Crippen molar-refractivity contribution in [2.45, 2.75) is 19.5 Å². The van der Waals surface area contributed by atoms with E-state index in [1.807, 2.05) is 24.6 Å². The summed E-state index contributed by atoms with van der Waals surface area (Å²) in [5, 5.41) is 21.1. The van der Waals surface area contributed by atoms with Crippen LogP contribution < -0.4 is 5.32 Å². The standard InChI is InChI=1S/C20H23N5O2S/c1-23-13-17(20(22-23)15-2-4-18(5-3-15)25(26)27)12-21-8-10-24-9-6-19-16(14-24)7-11-28-19/h2-5,7,11,13,21H,6,8-10,12,14H2,1H3. The van der Waals surface area contributed by atoms with Crippen molar-refractivity contribution in [1.29, 1.82) is 0 Å². The Kier molecular flexibility index (Phi) is 5.52. The molecule has 4 rings (SSSR count). The van der Waals surface area contributed by atoms with Crippen LogP contribution >= 0.6 is 11.3 Å². The summed E-state index contributed by atoms with van der Waals surface area (Å²) >= 11 is 1.87. The summed E-state index contributed by atoms with van der Waals surface area (Å²) in [6.45, 7) is 4.81. The minimum atomic E-state index is -0.385. The van der Waals surface area contributed by atoms with E-state index < -0.39 is 0 Å². The highest BCUT2D eigenvalue weighted by Crippen LogP contribution is 2.25. The molecule has 0 bridgehead atoms. The van der Waals surface area contributed by atoms with Crippen LogP contribution in [0.5, 0.6) is 0 Å². The Labute approximate surface area is 167 Å². The molecular weight excluding hydrogens is 374 g/mol. The molecule has 0 saturated carbocycles. The van der Waals surface area contributed by atoms with E-state index in [2.05, 4.69) is 26.8 Å². The molecule has 0 aliphatic carbocycles. The fraction of sp³-hybridized carbons (Fsp3) is 0.350. The van der Waals surface area contributed by atoms with Crippen molar-refractivity contribution < 1.29 is 4.92 Å². The molecule has 2 aromatic heterocycles. The molecule has 28 heavy (non-hydrogen) atoms. The first-order chi connectivity index (χ1) is 13.6. The van der Waals surface area contributed by atoms with Crippen LogP contribution in [0.15, 0.2) is 41.9 Å². The van der Waals surface area contributed by atoms with Crippen LogP contribution in [-0.2, 0) is 26.6 Å². The SMILES string of the molecule is Cn1cc(CNCCN2CCc3sccc3C2)c(-c2ccc([N+](=O)[O-])cc2)n1.